The summed E-state index contributed by atoms with van der Waals surface area (Å²) < 4.78 is 25.7. The van der Waals surface area contributed by atoms with Crippen LogP contribution in [0.2, 0.25) is 0 Å². The van der Waals surface area contributed by atoms with Crippen molar-refractivity contribution in [3.05, 3.63) is 54.1 Å². The van der Waals surface area contributed by atoms with Crippen molar-refractivity contribution in [3.63, 3.8) is 0 Å². The van der Waals surface area contributed by atoms with E-state index in [1.54, 1.807) is 6.07 Å². The largest absolute Gasteiger partial charge is 0.481 e. The Morgan fingerprint density at radius 2 is 1.83 bits per heavy atom. The van der Waals surface area contributed by atoms with Crippen LogP contribution in [-0.4, -0.2) is 46.3 Å². The highest BCUT2D eigenvalue weighted by Crippen LogP contribution is 2.32. The third-order valence-electron chi connectivity index (χ3n) is 5.35. The van der Waals surface area contributed by atoms with E-state index in [-0.39, 0.29) is 37.5 Å². The summed E-state index contributed by atoms with van der Waals surface area (Å²) in [4.78, 5) is 48.4. The van der Waals surface area contributed by atoms with Crippen LogP contribution in [0.3, 0.4) is 0 Å². The highest BCUT2D eigenvalue weighted by Gasteiger charge is 2.29. The van der Waals surface area contributed by atoms with Gasteiger partial charge in [-0.2, -0.15) is 0 Å². The molecule has 11 nitrogen and oxygen atoms in total. The third-order valence-corrected chi connectivity index (χ3v) is 8.59. The van der Waals surface area contributed by atoms with Crippen LogP contribution < -0.4 is 10.6 Å². The summed E-state index contributed by atoms with van der Waals surface area (Å²) in [6, 6.07) is 6.58. The number of hydrogen-bond acceptors (Lipinski definition) is 9. The number of hydrogen-bond donors (Lipinski definition) is 3. The van der Waals surface area contributed by atoms with Crippen molar-refractivity contribution in [1.82, 2.24) is 15.0 Å². The van der Waals surface area contributed by atoms with Gasteiger partial charge in [0.05, 0.1) is 12.1 Å². The number of ketones is 1. The molecule has 13 heteroatoms. The number of sulfone groups is 1. The second-order valence-corrected chi connectivity index (χ2v) is 10.9. The molecule has 3 N–H and O–H groups in total. The molecule has 1 fully saturated rings. The number of nitrogens with zero attached hydrogens (tertiary/aromatic N) is 3. The zero-order chi connectivity index (χ0) is 25.0. The van der Waals surface area contributed by atoms with E-state index in [0.717, 1.165) is 25.7 Å². The quantitative estimate of drug-likeness (QED) is 0.381. The van der Waals surface area contributed by atoms with Crippen LogP contribution in [0.4, 0.5) is 15.6 Å². The van der Waals surface area contributed by atoms with E-state index < -0.39 is 28.3 Å². The van der Waals surface area contributed by atoms with Crippen LogP contribution >= 0.6 is 11.3 Å². The Labute approximate surface area is 204 Å². The molecule has 3 heterocycles. The average Bonchev–Trinajstić information content (AvgIpc) is 3.49. The molecule has 0 aromatic carbocycles. The summed E-state index contributed by atoms with van der Waals surface area (Å²) in [5.41, 5.74) is 0.371. The van der Waals surface area contributed by atoms with Gasteiger partial charge in [-0.25, -0.2) is 23.2 Å². The number of anilines is 2. The Kier molecular flexibility index (Phi) is 7.17. The predicted octanol–water partition coefficient (Wildman–Crippen LogP) is 3.41. The van der Waals surface area contributed by atoms with E-state index in [4.69, 9.17) is 0 Å². The van der Waals surface area contributed by atoms with E-state index in [9.17, 15) is 27.9 Å². The van der Waals surface area contributed by atoms with Gasteiger partial charge in [0, 0.05) is 24.0 Å². The first-order valence-electron chi connectivity index (χ1n) is 10.7. The minimum atomic E-state index is -4.15. The smallest absolute Gasteiger partial charge is 0.325 e. The number of thiazole rings is 1. The molecular weight excluding hydrogens is 494 g/mol. The van der Waals surface area contributed by atoms with E-state index in [2.05, 4.69) is 25.6 Å². The number of pyridine rings is 2. The summed E-state index contributed by atoms with van der Waals surface area (Å²) in [7, 11) is -4.15. The first-order chi connectivity index (χ1) is 16.7. The minimum absolute atomic E-state index is 0.0610. The van der Waals surface area contributed by atoms with Crippen LogP contribution in [0.5, 0.6) is 0 Å². The SMILES string of the molecule is O=C(O)Cc1nc(NC(=O)Nc2ccnc(C(=O)C3CCCC3)c2)sc1S(=O)(=O)c1ccccn1. The zero-order valence-electron chi connectivity index (χ0n) is 18.3. The molecule has 35 heavy (non-hydrogen) atoms. The number of carboxylic acid groups (broad SMARTS) is 1. The van der Waals surface area contributed by atoms with Crippen molar-refractivity contribution in [2.24, 2.45) is 5.92 Å². The Balaban J connectivity index is 1.52. The molecule has 1 aliphatic carbocycles. The lowest BCUT2D eigenvalue weighted by Gasteiger charge is -2.09. The van der Waals surface area contributed by atoms with Gasteiger partial charge in [0.1, 0.15) is 5.69 Å². The number of carbonyl (C=O) groups is 3. The van der Waals surface area contributed by atoms with Gasteiger partial charge in [0.15, 0.2) is 20.1 Å². The molecule has 3 aromatic rings. The predicted molar refractivity (Wildman–Crippen MR) is 126 cm³/mol. The van der Waals surface area contributed by atoms with E-state index in [0.29, 0.717) is 17.0 Å². The first kappa shape index (κ1) is 24.4. The molecule has 3 aromatic heterocycles. The highest BCUT2D eigenvalue weighted by atomic mass is 32.2. The molecular formula is C22H21N5O6S2. The molecule has 0 atom stereocenters. The third kappa shape index (κ3) is 5.69. The molecule has 0 bridgehead atoms. The summed E-state index contributed by atoms with van der Waals surface area (Å²) >= 11 is 0.626. The summed E-state index contributed by atoms with van der Waals surface area (Å²) in [6.45, 7) is 0. The van der Waals surface area contributed by atoms with Gasteiger partial charge in [-0.3, -0.25) is 19.9 Å². The van der Waals surface area contributed by atoms with Gasteiger partial charge < -0.3 is 10.4 Å². The Hall–Kier alpha value is -3.71. The number of rotatable bonds is 8. The van der Waals surface area contributed by atoms with E-state index in [1.807, 2.05) is 0 Å². The fourth-order valence-electron chi connectivity index (χ4n) is 3.76. The highest BCUT2D eigenvalue weighted by molar-refractivity contribution is 7.93. The lowest BCUT2D eigenvalue weighted by atomic mass is 9.99. The van der Waals surface area contributed by atoms with Crippen molar-refractivity contribution < 1.29 is 27.9 Å². The van der Waals surface area contributed by atoms with Crippen LogP contribution in [-0.2, 0) is 21.1 Å². The zero-order valence-corrected chi connectivity index (χ0v) is 19.9. The van der Waals surface area contributed by atoms with Crippen LogP contribution in [0.1, 0.15) is 41.9 Å². The molecule has 1 aliphatic rings. The summed E-state index contributed by atoms with van der Waals surface area (Å²) in [5, 5.41) is 13.8. The van der Waals surface area contributed by atoms with E-state index in [1.165, 1.54) is 36.7 Å². The number of carbonyl (C=O) groups excluding carboxylic acids is 2. The maximum atomic E-state index is 13.0. The van der Waals surface area contributed by atoms with Gasteiger partial charge in [-0.15, -0.1) is 0 Å². The molecule has 0 aliphatic heterocycles. The molecule has 0 saturated heterocycles. The molecule has 0 spiro atoms. The Bertz CT molecular complexity index is 1370. The van der Waals surface area contributed by atoms with Crippen molar-refractivity contribution in [1.29, 1.82) is 0 Å². The maximum Gasteiger partial charge on any atom is 0.325 e. The number of Topliss-reactive ketones (excluding diaryl/α,β-unsaturated/α-hetero) is 1. The number of urea groups is 1. The number of aromatic nitrogens is 3. The number of amides is 2. The van der Waals surface area contributed by atoms with Gasteiger partial charge in [-0.05, 0) is 37.1 Å². The Morgan fingerprint density at radius 3 is 2.51 bits per heavy atom. The van der Waals surface area contributed by atoms with Gasteiger partial charge >= 0.3 is 12.0 Å². The number of aliphatic carboxylic acids is 1. The lowest BCUT2D eigenvalue weighted by molar-refractivity contribution is -0.136. The summed E-state index contributed by atoms with van der Waals surface area (Å²) in [5.74, 6) is -1.40. The van der Waals surface area contributed by atoms with Crippen molar-refractivity contribution >= 4 is 49.8 Å². The topological polar surface area (TPSA) is 168 Å². The van der Waals surface area contributed by atoms with Crippen molar-refractivity contribution in [2.45, 2.75) is 41.3 Å². The minimum Gasteiger partial charge on any atom is -0.481 e. The Morgan fingerprint density at radius 1 is 1.06 bits per heavy atom. The standard InChI is InChI=1S/C22H21N5O6S2/c28-18(29)12-16-20(35(32,33)17-7-3-4-9-24-17)34-22(26-16)27-21(31)25-14-8-10-23-15(11-14)19(30)13-5-1-2-6-13/h3-4,7-11,13H,1-2,5-6,12H2,(H,28,29)(H2,23,25,26,27,31). The first-order valence-corrected chi connectivity index (χ1v) is 13.0. The molecule has 4 rings (SSSR count). The van der Waals surface area contributed by atoms with Crippen molar-refractivity contribution in [2.75, 3.05) is 10.6 Å². The summed E-state index contributed by atoms with van der Waals surface area (Å²) in [6.07, 6.45) is 5.73. The van der Waals surface area contributed by atoms with Crippen LogP contribution in [0.25, 0.3) is 0 Å². The fourth-order valence-corrected chi connectivity index (χ4v) is 6.47. The molecule has 1 saturated carbocycles. The second kappa shape index (κ2) is 10.3. The van der Waals surface area contributed by atoms with Crippen molar-refractivity contribution in [3.8, 4) is 0 Å². The normalized spacial score (nSPS) is 13.9. The van der Waals surface area contributed by atoms with Gasteiger partial charge in [-0.1, -0.05) is 30.2 Å². The molecule has 2 amide bonds. The fraction of sp³-hybridized carbons (Fsp3) is 0.273. The second-order valence-electron chi connectivity index (χ2n) is 7.85. The van der Waals surface area contributed by atoms with Crippen LogP contribution in [0, 0.1) is 5.92 Å². The molecule has 0 radical (unpaired) electrons. The maximum absolute atomic E-state index is 13.0. The van der Waals surface area contributed by atoms with Gasteiger partial charge in [0.25, 0.3) is 0 Å². The monoisotopic (exact) mass is 515 g/mol. The average molecular weight is 516 g/mol. The molecule has 0 unspecified atom stereocenters. The van der Waals surface area contributed by atoms with Gasteiger partial charge in [0.2, 0.25) is 9.84 Å². The molecule has 182 valence electrons. The van der Waals surface area contributed by atoms with E-state index >= 15 is 0 Å². The number of carboxylic acids is 1. The van der Waals surface area contributed by atoms with Crippen LogP contribution in [0.15, 0.2) is 52.0 Å². The number of nitrogens with one attached hydrogen (secondary N) is 2. The lowest BCUT2D eigenvalue weighted by Crippen LogP contribution is -2.20.